The van der Waals surface area contributed by atoms with Crippen LogP contribution in [0.15, 0.2) is 30.5 Å². The van der Waals surface area contributed by atoms with Crippen molar-refractivity contribution in [2.75, 3.05) is 56.7 Å². The van der Waals surface area contributed by atoms with Gasteiger partial charge in [0, 0.05) is 44.5 Å². The quantitative estimate of drug-likeness (QED) is 0.518. The molecular formula is C23H28N8O4. The second-order valence-electron chi connectivity index (χ2n) is 8.58. The highest BCUT2D eigenvalue weighted by atomic mass is 16.5. The van der Waals surface area contributed by atoms with Gasteiger partial charge in [-0.25, -0.2) is 24.2 Å². The van der Waals surface area contributed by atoms with Crippen LogP contribution in [0.5, 0.6) is 0 Å². The van der Waals surface area contributed by atoms with Gasteiger partial charge in [0.25, 0.3) is 0 Å². The van der Waals surface area contributed by atoms with Gasteiger partial charge in [-0.1, -0.05) is 0 Å². The van der Waals surface area contributed by atoms with E-state index in [0.29, 0.717) is 37.8 Å². The largest absolute Gasteiger partial charge is 0.465 e. The van der Waals surface area contributed by atoms with Crippen LogP contribution < -0.4 is 15.5 Å². The minimum atomic E-state index is -1.11. The van der Waals surface area contributed by atoms with E-state index in [1.807, 2.05) is 15.8 Å². The summed E-state index contributed by atoms with van der Waals surface area (Å²) in [7, 11) is 1.64. The maximum Gasteiger partial charge on any atom is 0.409 e. The summed E-state index contributed by atoms with van der Waals surface area (Å²) in [6, 6.07) is 7.05. The smallest absolute Gasteiger partial charge is 0.409 e. The number of carbonyl (C=O) groups excluding carboxylic acids is 1. The summed E-state index contributed by atoms with van der Waals surface area (Å²) < 4.78 is 7.50. The third-order valence-corrected chi connectivity index (χ3v) is 6.45. The van der Waals surface area contributed by atoms with Crippen LogP contribution in [-0.4, -0.2) is 88.3 Å². The van der Waals surface area contributed by atoms with E-state index in [4.69, 9.17) is 24.9 Å². The standard InChI is InChI=1S/C23H28N8O4/c1-24-22(32)30-8-6-17(7-9-30)31-21-18(14-25-31)20(29-10-12-35-13-11-29)27-19(28-21)15-2-4-16(5-3-15)26-23(33)34/h2-5,14,17,26H,6-13H2,1H3,(H,24,32)(H,33,34). The van der Waals surface area contributed by atoms with E-state index < -0.39 is 6.09 Å². The number of ether oxygens (including phenoxy) is 1. The number of rotatable bonds is 4. The van der Waals surface area contributed by atoms with Crippen molar-refractivity contribution in [2.45, 2.75) is 18.9 Å². The summed E-state index contributed by atoms with van der Waals surface area (Å²) in [6.07, 6.45) is 2.28. The van der Waals surface area contributed by atoms with E-state index in [0.717, 1.165) is 48.3 Å². The van der Waals surface area contributed by atoms with Crippen molar-refractivity contribution in [2.24, 2.45) is 0 Å². The van der Waals surface area contributed by atoms with Crippen molar-refractivity contribution in [1.82, 2.24) is 30.0 Å². The van der Waals surface area contributed by atoms with Crippen LogP contribution in [0.25, 0.3) is 22.4 Å². The second-order valence-corrected chi connectivity index (χ2v) is 8.58. The van der Waals surface area contributed by atoms with Gasteiger partial charge in [-0.3, -0.25) is 5.32 Å². The van der Waals surface area contributed by atoms with Crippen molar-refractivity contribution in [3.63, 3.8) is 0 Å². The molecule has 12 heteroatoms. The van der Waals surface area contributed by atoms with Gasteiger partial charge in [-0.15, -0.1) is 0 Å². The van der Waals surface area contributed by atoms with Crippen LogP contribution in [0.3, 0.4) is 0 Å². The molecule has 3 N–H and O–H groups in total. The molecule has 35 heavy (non-hydrogen) atoms. The average molecular weight is 481 g/mol. The van der Waals surface area contributed by atoms with Gasteiger partial charge in [0.2, 0.25) is 0 Å². The van der Waals surface area contributed by atoms with Crippen molar-refractivity contribution < 1.29 is 19.4 Å². The van der Waals surface area contributed by atoms with Crippen LogP contribution in [0, 0.1) is 0 Å². The normalized spacial score (nSPS) is 16.9. The summed E-state index contributed by atoms with van der Waals surface area (Å²) in [5, 5.41) is 19.6. The fourth-order valence-corrected chi connectivity index (χ4v) is 4.62. The van der Waals surface area contributed by atoms with Crippen molar-refractivity contribution in [3.05, 3.63) is 30.5 Å². The zero-order valence-corrected chi connectivity index (χ0v) is 19.5. The minimum absolute atomic E-state index is 0.0613. The molecule has 2 fully saturated rings. The Kier molecular flexibility index (Phi) is 6.36. The number of benzene rings is 1. The molecule has 2 aliphatic rings. The van der Waals surface area contributed by atoms with Gasteiger partial charge in [0.05, 0.1) is 30.8 Å². The number of morpholine rings is 1. The number of anilines is 2. The molecule has 0 saturated carbocycles. The number of nitrogens with zero attached hydrogens (tertiary/aromatic N) is 6. The summed E-state index contributed by atoms with van der Waals surface area (Å²) in [5.74, 6) is 1.36. The van der Waals surface area contributed by atoms with E-state index in [1.165, 1.54) is 0 Å². The molecule has 0 unspecified atom stereocenters. The number of hydrogen-bond donors (Lipinski definition) is 3. The van der Waals surface area contributed by atoms with Crippen LogP contribution in [-0.2, 0) is 4.74 Å². The molecule has 2 aliphatic heterocycles. The molecule has 1 aromatic carbocycles. The van der Waals surface area contributed by atoms with E-state index in [9.17, 15) is 9.59 Å². The highest BCUT2D eigenvalue weighted by molar-refractivity contribution is 5.89. The lowest BCUT2D eigenvalue weighted by molar-refractivity contribution is 0.122. The number of fused-ring (bicyclic) bond motifs is 1. The Morgan fingerprint density at radius 2 is 1.77 bits per heavy atom. The molecule has 2 aromatic heterocycles. The van der Waals surface area contributed by atoms with Crippen LogP contribution in [0.2, 0.25) is 0 Å². The number of carbonyl (C=O) groups is 2. The number of likely N-dealkylation sites (tertiary alicyclic amines) is 1. The van der Waals surface area contributed by atoms with Gasteiger partial charge in [-0.2, -0.15) is 5.10 Å². The van der Waals surface area contributed by atoms with Gasteiger partial charge in [0.15, 0.2) is 11.5 Å². The number of urea groups is 1. The molecule has 5 rings (SSSR count). The Balaban J connectivity index is 1.52. The van der Waals surface area contributed by atoms with E-state index in [2.05, 4.69) is 15.5 Å². The first kappa shape index (κ1) is 22.8. The highest BCUT2D eigenvalue weighted by Crippen LogP contribution is 2.32. The van der Waals surface area contributed by atoms with E-state index in [-0.39, 0.29) is 12.1 Å². The molecule has 0 spiro atoms. The Bertz CT molecular complexity index is 1210. The van der Waals surface area contributed by atoms with E-state index in [1.54, 1.807) is 31.3 Å². The van der Waals surface area contributed by atoms with Gasteiger partial charge < -0.3 is 25.0 Å². The SMILES string of the molecule is CNC(=O)N1CCC(n2ncc3c(N4CCOCC4)nc(-c4ccc(NC(=O)O)cc4)nc32)CC1. The molecule has 3 amide bonds. The summed E-state index contributed by atoms with van der Waals surface area (Å²) in [5.41, 5.74) is 2.01. The van der Waals surface area contributed by atoms with Gasteiger partial charge in [-0.05, 0) is 37.1 Å². The minimum Gasteiger partial charge on any atom is -0.465 e. The van der Waals surface area contributed by atoms with Crippen LogP contribution in [0.1, 0.15) is 18.9 Å². The lowest BCUT2D eigenvalue weighted by Gasteiger charge is -2.32. The van der Waals surface area contributed by atoms with Crippen molar-refractivity contribution in [1.29, 1.82) is 0 Å². The second kappa shape index (κ2) is 9.74. The summed E-state index contributed by atoms with van der Waals surface area (Å²) in [4.78, 5) is 36.7. The van der Waals surface area contributed by atoms with Crippen LogP contribution in [0.4, 0.5) is 21.1 Å². The molecule has 184 valence electrons. The lowest BCUT2D eigenvalue weighted by atomic mass is 10.1. The summed E-state index contributed by atoms with van der Waals surface area (Å²) >= 11 is 0. The maximum absolute atomic E-state index is 12.0. The third kappa shape index (κ3) is 4.69. The van der Waals surface area contributed by atoms with Gasteiger partial charge >= 0.3 is 12.1 Å². The Hall–Kier alpha value is -3.93. The molecular weight excluding hydrogens is 452 g/mol. The monoisotopic (exact) mass is 480 g/mol. The molecule has 2 saturated heterocycles. The Morgan fingerprint density at radius 3 is 2.43 bits per heavy atom. The number of nitrogens with one attached hydrogen (secondary N) is 2. The molecule has 0 atom stereocenters. The molecule has 4 heterocycles. The number of piperidine rings is 1. The third-order valence-electron chi connectivity index (χ3n) is 6.45. The molecule has 0 bridgehead atoms. The topological polar surface area (TPSA) is 138 Å². The van der Waals surface area contributed by atoms with E-state index >= 15 is 0 Å². The Labute approximate surface area is 201 Å². The molecule has 0 radical (unpaired) electrons. The zero-order chi connectivity index (χ0) is 24.4. The Morgan fingerprint density at radius 1 is 1.06 bits per heavy atom. The van der Waals surface area contributed by atoms with Crippen molar-refractivity contribution in [3.8, 4) is 11.4 Å². The highest BCUT2D eigenvalue weighted by Gasteiger charge is 2.27. The first-order valence-corrected chi connectivity index (χ1v) is 11.7. The van der Waals surface area contributed by atoms with Crippen LogP contribution >= 0.6 is 0 Å². The fraction of sp³-hybridized carbons (Fsp3) is 0.435. The fourth-order valence-electron chi connectivity index (χ4n) is 4.62. The number of hydrogen-bond acceptors (Lipinski definition) is 7. The van der Waals surface area contributed by atoms with Gasteiger partial charge in [0.1, 0.15) is 5.82 Å². The molecule has 3 aromatic rings. The number of carboxylic acid groups (broad SMARTS) is 1. The van der Waals surface area contributed by atoms with Crippen molar-refractivity contribution >= 4 is 34.7 Å². The maximum atomic E-state index is 12.0. The molecule has 12 nitrogen and oxygen atoms in total. The summed E-state index contributed by atoms with van der Waals surface area (Å²) in [6.45, 7) is 4.01. The first-order chi connectivity index (χ1) is 17.0. The average Bonchev–Trinajstić information content (AvgIpc) is 3.32. The predicted molar refractivity (Wildman–Crippen MR) is 130 cm³/mol. The first-order valence-electron chi connectivity index (χ1n) is 11.7. The lowest BCUT2D eigenvalue weighted by Crippen LogP contribution is -2.43. The number of amides is 3. The zero-order valence-electron chi connectivity index (χ0n) is 19.5. The molecule has 0 aliphatic carbocycles. The predicted octanol–water partition coefficient (Wildman–Crippen LogP) is 2.40. The number of aromatic nitrogens is 4.